The van der Waals surface area contributed by atoms with E-state index >= 15 is 0 Å². The van der Waals surface area contributed by atoms with E-state index in [4.69, 9.17) is 9.73 Å². The molecule has 3 aromatic rings. The molecule has 0 saturated carbocycles. The molecule has 1 aliphatic heterocycles. The van der Waals surface area contributed by atoms with Gasteiger partial charge in [0.1, 0.15) is 11.4 Å². The molecule has 4 rings (SSSR count). The summed E-state index contributed by atoms with van der Waals surface area (Å²) in [7, 11) is 0. The van der Waals surface area contributed by atoms with Gasteiger partial charge >= 0.3 is 6.09 Å². The van der Waals surface area contributed by atoms with Gasteiger partial charge in [0.05, 0.1) is 23.6 Å². The van der Waals surface area contributed by atoms with Crippen LogP contribution in [-0.2, 0) is 11.2 Å². The standard InChI is InChI=1S/C33H44N4O2/c1-20(31(2,3)4)29-34-19-27(36-29)22-13-11-21(12-14-22)23-15-16-25-24(17-23)18-26(35-25)28(32(5,6)7)37-30(38)39-33(8,9)10/h11-17,19-20,28H,18H2,1-10H3,(H,34,36)(H,37,38)/t20-,28-/m1/s1. The van der Waals surface area contributed by atoms with Crippen molar-refractivity contribution in [2.45, 2.75) is 93.2 Å². The van der Waals surface area contributed by atoms with E-state index in [1.807, 2.05) is 27.0 Å². The first kappa shape index (κ1) is 28.6. The number of aromatic nitrogens is 2. The van der Waals surface area contributed by atoms with Crippen molar-refractivity contribution in [3.63, 3.8) is 0 Å². The highest BCUT2D eigenvalue weighted by Crippen LogP contribution is 2.36. The van der Waals surface area contributed by atoms with Crippen molar-refractivity contribution < 1.29 is 9.53 Å². The van der Waals surface area contributed by atoms with Gasteiger partial charge in [-0.1, -0.05) is 78.8 Å². The quantitative estimate of drug-likeness (QED) is 0.349. The highest BCUT2D eigenvalue weighted by Gasteiger charge is 2.34. The number of ether oxygens (including phenoxy) is 1. The number of imidazole rings is 1. The lowest BCUT2D eigenvalue weighted by atomic mass is 9.82. The lowest BCUT2D eigenvalue weighted by Gasteiger charge is -2.32. The SMILES string of the molecule is C[C@H](c1ncc(-c2ccc(-c3ccc4c(c3)CC([C@@H](NC(=O)OC(C)(C)C)C(C)(C)C)=N4)cc2)[nH]1)C(C)(C)C. The van der Waals surface area contributed by atoms with Crippen molar-refractivity contribution in [1.29, 1.82) is 0 Å². The molecule has 39 heavy (non-hydrogen) atoms. The van der Waals surface area contributed by atoms with Crippen LogP contribution in [0.25, 0.3) is 22.4 Å². The van der Waals surface area contributed by atoms with Gasteiger partial charge in [0, 0.05) is 18.1 Å². The smallest absolute Gasteiger partial charge is 0.408 e. The molecule has 6 heteroatoms. The van der Waals surface area contributed by atoms with Gasteiger partial charge in [-0.25, -0.2) is 9.78 Å². The number of nitrogens with one attached hydrogen (secondary N) is 2. The molecule has 0 unspecified atom stereocenters. The van der Waals surface area contributed by atoms with E-state index in [2.05, 4.69) is 106 Å². The molecule has 1 amide bonds. The monoisotopic (exact) mass is 528 g/mol. The topological polar surface area (TPSA) is 79.4 Å². The van der Waals surface area contributed by atoms with Gasteiger partial charge in [0.25, 0.3) is 0 Å². The maximum absolute atomic E-state index is 12.6. The number of carbonyl (C=O) groups is 1. The van der Waals surface area contributed by atoms with Gasteiger partial charge < -0.3 is 15.0 Å². The van der Waals surface area contributed by atoms with E-state index < -0.39 is 11.7 Å². The van der Waals surface area contributed by atoms with Crippen LogP contribution in [0.2, 0.25) is 0 Å². The van der Waals surface area contributed by atoms with Crippen LogP contribution in [0, 0.1) is 10.8 Å². The molecule has 2 heterocycles. The van der Waals surface area contributed by atoms with E-state index in [1.54, 1.807) is 0 Å². The molecular weight excluding hydrogens is 484 g/mol. The number of hydrogen-bond acceptors (Lipinski definition) is 4. The molecule has 0 spiro atoms. The van der Waals surface area contributed by atoms with Gasteiger partial charge in [-0.15, -0.1) is 0 Å². The summed E-state index contributed by atoms with van der Waals surface area (Å²) in [6.45, 7) is 20.9. The summed E-state index contributed by atoms with van der Waals surface area (Å²) in [6, 6.07) is 14.8. The van der Waals surface area contributed by atoms with Crippen LogP contribution in [0.15, 0.2) is 53.7 Å². The number of nitrogens with zero attached hydrogens (tertiary/aromatic N) is 2. The number of fused-ring (bicyclic) bond motifs is 1. The summed E-state index contributed by atoms with van der Waals surface area (Å²) >= 11 is 0. The van der Waals surface area contributed by atoms with Gasteiger partial charge in [0.2, 0.25) is 0 Å². The number of benzene rings is 2. The van der Waals surface area contributed by atoms with Crippen molar-refractivity contribution in [2.24, 2.45) is 15.8 Å². The number of H-pyrrole nitrogens is 1. The first-order valence-electron chi connectivity index (χ1n) is 13.9. The van der Waals surface area contributed by atoms with Crippen molar-refractivity contribution in [2.75, 3.05) is 0 Å². The zero-order chi connectivity index (χ0) is 28.8. The normalized spacial score (nSPS) is 15.4. The van der Waals surface area contributed by atoms with Crippen molar-refractivity contribution in [1.82, 2.24) is 15.3 Å². The fourth-order valence-corrected chi connectivity index (χ4v) is 4.75. The summed E-state index contributed by atoms with van der Waals surface area (Å²) in [6.07, 6.45) is 2.21. The zero-order valence-electron chi connectivity index (χ0n) is 25.2. The Hall–Kier alpha value is -3.41. The van der Waals surface area contributed by atoms with Crippen LogP contribution in [0.3, 0.4) is 0 Å². The minimum atomic E-state index is -0.554. The van der Waals surface area contributed by atoms with Crippen LogP contribution in [0.4, 0.5) is 10.5 Å². The lowest BCUT2D eigenvalue weighted by molar-refractivity contribution is 0.0490. The summed E-state index contributed by atoms with van der Waals surface area (Å²) in [5.74, 6) is 1.35. The van der Waals surface area contributed by atoms with Crippen LogP contribution in [0.1, 0.15) is 86.5 Å². The molecule has 0 radical (unpaired) electrons. The van der Waals surface area contributed by atoms with Crippen molar-refractivity contribution in [3.05, 3.63) is 60.0 Å². The second-order valence-corrected chi connectivity index (χ2v) is 13.9. The van der Waals surface area contributed by atoms with Crippen LogP contribution in [0.5, 0.6) is 0 Å². The average molecular weight is 529 g/mol. The number of aliphatic imine (C=N–C) groups is 1. The van der Waals surface area contributed by atoms with E-state index in [-0.39, 0.29) is 16.9 Å². The fourth-order valence-electron chi connectivity index (χ4n) is 4.75. The molecule has 1 aliphatic rings. The number of amides is 1. The fraction of sp³-hybridized carbons (Fsp3) is 0.485. The zero-order valence-corrected chi connectivity index (χ0v) is 25.2. The summed E-state index contributed by atoms with van der Waals surface area (Å²) in [5, 5.41) is 3.08. The van der Waals surface area contributed by atoms with Crippen LogP contribution < -0.4 is 5.32 Å². The molecule has 0 bridgehead atoms. The Bertz CT molecular complexity index is 1360. The third-order valence-corrected chi connectivity index (χ3v) is 7.41. The molecule has 2 N–H and O–H groups in total. The predicted octanol–water partition coefficient (Wildman–Crippen LogP) is 8.46. The highest BCUT2D eigenvalue weighted by atomic mass is 16.6. The predicted molar refractivity (Wildman–Crippen MR) is 161 cm³/mol. The molecule has 6 nitrogen and oxygen atoms in total. The first-order chi connectivity index (χ1) is 18.0. The third-order valence-electron chi connectivity index (χ3n) is 7.41. The second-order valence-electron chi connectivity index (χ2n) is 13.9. The second kappa shape index (κ2) is 10.3. The van der Waals surface area contributed by atoms with E-state index in [9.17, 15) is 4.79 Å². The van der Waals surface area contributed by atoms with E-state index in [0.717, 1.165) is 39.6 Å². The number of carbonyl (C=O) groups excluding carboxylic acids is 1. The highest BCUT2D eigenvalue weighted by molar-refractivity contribution is 6.00. The number of alkyl carbamates (subject to hydrolysis) is 1. The van der Waals surface area contributed by atoms with Crippen LogP contribution >= 0.6 is 0 Å². The van der Waals surface area contributed by atoms with Crippen LogP contribution in [-0.4, -0.2) is 33.4 Å². The minimum Gasteiger partial charge on any atom is -0.444 e. The number of hydrogen-bond donors (Lipinski definition) is 2. The summed E-state index contributed by atoms with van der Waals surface area (Å²) in [5.41, 5.74) is 6.91. The Labute approximate surface area is 233 Å². The van der Waals surface area contributed by atoms with Crippen molar-refractivity contribution in [3.8, 4) is 22.4 Å². The largest absolute Gasteiger partial charge is 0.444 e. The van der Waals surface area contributed by atoms with Gasteiger partial charge in [-0.05, 0) is 66.0 Å². The molecule has 2 aromatic carbocycles. The number of aromatic amines is 1. The van der Waals surface area contributed by atoms with Gasteiger partial charge in [-0.2, -0.15) is 0 Å². The van der Waals surface area contributed by atoms with Crippen molar-refractivity contribution >= 4 is 17.5 Å². The molecule has 1 aromatic heterocycles. The first-order valence-corrected chi connectivity index (χ1v) is 13.9. The van der Waals surface area contributed by atoms with E-state index in [1.165, 1.54) is 5.56 Å². The van der Waals surface area contributed by atoms with Gasteiger partial charge in [-0.3, -0.25) is 4.99 Å². The van der Waals surface area contributed by atoms with Gasteiger partial charge in [0.15, 0.2) is 0 Å². The molecule has 0 fully saturated rings. The summed E-state index contributed by atoms with van der Waals surface area (Å²) in [4.78, 5) is 25.7. The molecule has 0 saturated heterocycles. The number of rotatable bonds is 5. The summed E-state index contributed by atoms with van der Waals surface area (Å²) < 4.78 is 5.54. The lowest BCUT2D eigenvalue weighted by Crippen LogP contribution is -2.50. The third kappa shape index (κ3) is 6.78. The Morgan fingerprint density at radius 3 is 2.10 bits per heavy atom. The maximum atomic E-state index is 12.6. The average Bonchev–Trinajstić information content (AvgIpc) is 3.46. The molecule has 208 valence electrons. The Balaban J connectivity index is 1.50. The van der Waals surface area contributed by atoms with E-state index in [0.29, 0.717) is 12.3 Å². The minimum absolute atomic E-state index is 0.148. The Kier molecular flexibility index (Phi) is 7.54. The molecule has 2 atom stereocenters. The Morgan fingerprint density at radius 2 is 1.51 bits per heavy atom. The maximum Gasteiger partial charge on any atom is 0.408 e. The molecular formula is C33H44N4O2. The molecule has 0 aliphatic carbocycles. The Morgan fingerprint density at radius 1 is 0.897 bits per heavy atom.